The molecule has 1 amide bonds. The Labute approximate surface area is 123 Å². The molecule has 21 heavy (non-hydrogen) atoms. The van der Waals surface area contributed by atoms with Crippen LogP contribution in [0.2, 0.25) is 0 Å². The lowest BCUT2D eigenvalue weighted by Crippen LogP contribution is -2.57. The highest BCUT2D eigenvalue weighted by molar-refractivity contribution is 7.09. The number of carbonyl (C=O) groups is 1. The van der Waals surface area contributed by atoms with Gasteiger partial charge in [0, 0.05) is 25.6 Å². The predicted molar refractivity (Wildman–Crippen MR) is 70.6 cm³/mol. The molecule has 9 heteroatoms. The summed E-state index contributed by atoms with van der Waals surface area (Å²) < 4.78 is 42.6. The van der Waals surface area contributed by atoms with Crippen molar-refractivity contribution in [2.24, 2.45) is 5.73 Å². The van der Waals surface area contributed by atoms with E-state index in [2.05, 4.69) is 4.98 Å². The Morgan fingerprint density at radius 3 is 2.67 bits per heavy atom. The molecule has 0 bridgehead atoms. The largest absolute Gasteiger partial charge is 0.434 e. The van der Waals surface area contributed by atoms with E-state index in [0.29, 0.717) is 26.1 Å². The van der Waals surface area contributed by atoms with Gasteiger partial charge in [-0.2, -0.15) is 13.2 Å². The molecular weight excluding hydrogens is 307 g/mol. The van der Waals surface area contributed by atoms with E-state index in [1.165, 1.54) is 11.9 Å². The number of thiazole rings is 1. The normalized spacial score (nSPS) is 18.5. The van der Waals surface area contributed by atoms with E-state index < -0.39 is 17.4 Å². The van der Waals surface area contributed by atoms with Crippen LogP contribution < -0.4 is 5.73 Å². The summed E-state index contributed by atoms with van der Waals surface area (Å²) in [4.78, 5) is 17.2. The molecule has 118 valence electrons. The van der Waals surface area contributed by atoms with Crippen molar-refractivity contribution in [1.82, 2.24) is 9.88 Å². The summed E-state index contributed by atoms with van der Waals surface area (Å²) in [5.41, 5.74) is 4.13. The first-order valence-electron chi connectivity index (χ1n) is 6.36. The van der Waals surface area contributed by atoms with E-state index in [0.717, 1.165) is 16.7 Å². The van der Waals surface area contributed by atoms with Crippen LogP contribution in [0.3, 0.4) is 0 Å². The lowest BCUT2D eigenvalue weighted by Gasteiger charge is -2.35. The van der Waals surface area contributed by atoms with Gasteiger partial charge in [-0.05, 0) is 12.8 Å². The highest BCUT2D eigenvalue weighted by atomic mass is 32.1. The van der Waals surface area contributed by atoms with E-state index in [9.17, 15) is 18.0 Å². The fourth-order valence-corrected chi connectivity index (χ4v) is 2.97. The Kier molecular flexibility index (Phi) is 4.54. The van der Waals surface area contributed by atoms with Gasteiger partial charge in [-0.15, -0.1) is 11.3 Å². The number of nitrogens with two attached hydrogens (primary N) is 1. The standard InChI is InChI=1S/C12H16F3N3O2S/c1-18(10(19)11(16)2-4-20-5-3-11)6-9-17-8(7-21-9)12(13,14)15/h7H,2-6,16H2,1H3. The zero-order chi connectivity index (χ0) is 15.7. The van der Waals surface area contributed by atoms with E-state index in [-0.39, 0.29) is 17.5 Å². The van der Waals surface area contributed by atoms with Crippen LogP contribution in [0.1, 0.15) is 23.5 Å². The fraction of sp³-hybridized carbons (Fsp3) is 0.667. The molecule has 0 saturated carbocycles. The Morgan fingerprint density at radius 2 is 2.14 bits per heavy atom. The second kappa shape index (κ2) is 5.90. The Morgan fingerprint density at radius 1 is 1.52 bits per heavy atom. The zero-order valence-corrected chi connectivity index (χ0v) is 12.3. The molecule has 1 aromatic heterocycles. The van der Waals surface area contributed by atoms with Gasteiger partial charge in [0.2, 0.25) is 5.91 Å². The fourth-order valence-electron chi connectivity index (χ4n) is 2.12. The van der Waals surface area contributed by atoms with Crippen molar-refractivity contribution in [2.45, 2.75) is 31.1 Å². The molecule has 2 rings (SSSR count). The number of alkyl halides is 3. The Bertz CT molecular complexity index is 512. The topological polar surface area (TPSA) is 68.5 Å². The second-order valence-electron chi connectivity index (χ2n) is 5.05. The van der Waals surface area contributed by atoms with Crippen LogP contribution in [0.5, 0.6) is 0 Å². The first-order chi connectivity index (χ1) is 9.72. The Balaban J connectivity index is 2.02. The summed E-state index contributed by atoms with van der Waals surface area (Å²) >= 11 is 0.877. The summed E-state index contributed by atoms with van der Waals surface area (Å²) in [6, 6.07) is 0. The molecule has 1 saturated heterocycles. The number of likely N-dealkylation sites (N-methyl/N-ethyl adjacent to an activating group) is 1. The summed E-state index contributed by atoms with van der Waals surface area (Å²) in [6.45, 7) is 0.830. The molecule has 0 aliphatic carbocycles. The molecule has 0 aromatic carbocycles. The third-order valence-corrected chi connectivity index (χ3v) is 4.21. The average Bonchev–Trinajstić information content (AvgIpc) is 2.87. The average molecular weight is 323 g/mol. The second-order valence-corrected chi connectivity index (χ2v) is 6.00. The number of hydrogen-bond acceptors (Lipinski definition) is 5. The summed E-state index contributed by atoms with van der Waals surface area (Å²) in [5.74, 6) is -0.297. The third-order valence-electron chi connectivity index (χ3n) is 3.37. The van der Waals surface area contributed by atoms with Gasteiger partial charge in [-0.1, -0.05) is 0 Å². The first-order valence-corrected chi connectivity index (χ1v) is 7.24. The third kappa shape index (κ3) is 3.72. The summed E-state index contributed by atoms with van der Waals surface area (Å²) in [6.07, 6.45) is -3.66. The van der Waals surface area contributed by atoms with E-state index in [4.69, 9.17) is 10.5 Å². The van der Waals surface area contributed by atoms with Gasteiger partial charge in [0.25, 0.3) is 0 Å². The van der Waals surface area contributed by atoms with Gasteiger partial charge in [-0.25, -0.2) is 4.98 Å². The van der Waals surface area contributed by atoms with Gasteiger partial charge < -0.3 is 15.4 Å². The predicted octanol–water partition coefficient (Wildman–Crippen LogP) is 1.63. The van der Waals surface area contributed by atoms with Crippen LogP contribution in [0.4, 0.5) is 13.2 Å². The van der Waals surface area contributed by atoms with Gasteiger partial charge in [0.05, 0.1) is 12.1 Å². The van der Waals surface area contributed by atoms with Crippen molar-refractivity contribution in [2.75, 3.05) is 20.3 Å². The van der Waals surface area contributed by atoms with Crippen molar-refractivity contribution in [3.63, 3.8) is 0 Å². The number of nitrogens with zero attached hydrogens (tertiary/aromatic N) is 2. The van der Waals surface area contributed by atoms with Crippen molar-refractivity contribution in [3.05, 3.63) is 16.1 Å². The number of amides is 1. The lowest BCUT2D eigenvalue weighted by atomic mass is 9.90. The molecule has 2 N–H and O–H groups in total. The lowest BCUT2D eigenvalue weighted by molar-refractivity contribution is -0.140. The number of aromatic nitrogens is 1. The minimum atomic E-state index is -4.47. The number of rotatable bonds is 3. The summed E-state index contributed by atoms with van der Waals surface area (Å²) in [5, 5.41) is 1.18. The first kappa shape index (κ1) is 16.2. The summed E-state index contributed by atoms with van der Waals surface area (Å²) in [7, 11) is 1.51. The van der Waals surface area contributed by atoms with Crippen LogP contribution in [0.15, 0.2) is 5.38 Å². The van der Waals surface area contributed by atoms with Gasteiger partial charge >= 0.3 is 6.18 Å². The van der Waals surface area contributed by atoms with Crippen LogP contribution in [-0.4, -0.2) is 41.6 Å². The van der Waals surface area contributed by atoms with Crippen molar-refractivity contribution < 1.29 is 22.7 Å². The maximum Gasteiger partial charge on any atom is 0.434 e. The highest BCUT2D eigenvalue weighted by Crippen LogP contribution is 2.30. The SMILES string of the molecule is CN(Cc1nc(C(F)(F)F)cs1)C(=O)C1(N)CCOCC1. The molecule has 1 fully saturated rings. The molecule has 0 spiro atoms. The Hall–Kier alpha value is -1.19. The molecular formula is C12H16F3N3O2S. The van der Waals surface area contributed by atoms with Crippen molar-refractivity contribution >= 4 is 17.2 Å². The quantitative estimate of drug-likeness (QED) is 0.918. The minimum absolute atomic E-state index is 0.0133. The molecule has 5 nitrogen and oxygen atoms in total. The van der Waals surface area contributed by atoms with E-state index in [1.54, 1.807) is 0 Å². The highest BCUT2D eigenvalue weighted by Gasteiger charge is 2.38. The van der Waals surface area contributed by atoms with E-state index in [1.807, 2.05) is 0 Å². The van der Waals surface area contributed by atoms with Gasteiger partial charge in [0.1, 0.15) is 5.01 Å². The van der Waals surface area contributed by atoms with Crippen LogP contribution >= 0.6 is 11.3 Å². The number of halogens is 3. The molecule has 1 aromatic rings. The number of ether oxygens (including phenoxy) is 1. The number of hydrogen-bond donors (Lipinski definition) is 1. The molecule has 0 unspecified atom stereocenters. The molecule has 0 atom stereocenters. The molecule has 1 aliphatic rings. The van der Waals surface area contributed by atoms with Crippen molar-refractivity contribution in [3.8, 4) is 0 Å². The van der Waals surface area contributed by atoms with Crippen LogP contribution in [0.25, 0.3) is 0 Å². The van der Waals surface area contributed by atoms with Crippen LogP contribution in [-0.2, 0) is 22.3 Å². The van der Waals surface area contributed by atoms with Gasteiger partial charge in [0.15, 0.2) is 5.69 Å². The van der Waals surface area contributed by atoms with E-state index >= 15 is 0 Å². The van der Waals surface area contributed by atoms with Crippen molar-refractivity contribution in [1.29, 1.82) is 0 Å². The zero-order valence-electron chi connectivity index (χ0n) is 11.4. The minimum Gasteiger partial charge on any atom is -0.381 e. The maximum absolute atomic E-state index is 12.5. The van der Waals surface area contributed by atoms with Crippen LogP contribution in [0, 0.1) is 0 Å². The maximum atomic E-state index is 12.5. The molecule has 0 radical (unpaired) electrons. The molecule has 1 aliphatic heterocycles. The smallest absolute Gasteiger partial charge is 0.381 e. The molecule has 2 heterocycles. The number of carbonyl (C=O) groups excluding carboxylic acids is 1. The monoisotopic (exact) mass is 323 g/mol. The van der Waals surface area contributed by atoms with Gasteiger partial charge in [-0.3, -0.25) is 4.79 Å².